The molecule has 0 atom stereocenters. The molecule has 2 aromatic rings. The van der Waals surface area contributed by atoms with Crippen LogP contribution in [-0.4, -0.2) is 66.2 Å². The molecular formula is C17H28N8O. The van der Waals surface area contributed by atoms with E-state index in [0.29, 0.717) is 19.5 Å². The van der Waals surface area contributed by atoms with E-state index in [1.54, 1.807) is 11.1 Å². The fraction of sp³-hybridized carbons (Fsp3) is 0.706. The van der Waals surface area contributed by atoms with Crippen molar-refractivity contribution in [2.24, 2.45) is 5.92 Å². The van der Waals surface area contributed by atoms with Crippen LogP contribution in [0.15, 0.2) is 12.3 Å². The number of hydrogen-bond donors (Lipinski definition) is 1. The number of nitrogens with zero attached hydrogens (tertiary/aromatic N) is 7. The number of amides is 1. The van der Waals surface area contributed by atoms with Gasteiger partial charge < -0.3 is 4.90 Å². The average Bonchev–Trinajstić information content (AvgIpc) is 3.29. The second-order valence-electron chi connectivity index (χ2n) is 7.21. The van der Waals surface area contributed by atoms with Crippen molar-refractivity contribution in [3.8, 4) is 0 Å². The number of piperidine rings is 1. The molecule has 2 aromatic heterocycles. The van der Waals surface area contributed by atoms with Gasteiger partial charge in [0, 0.05) is 26.2 Å². The summed E-state index contributed by atoms with van der Waals surface area (Å²) in [4.78, 5) is 16.4. The second kappa shape index (κ2) is 8.88. The number of carbonyl (C=O) groups is 1. The molecule has 1 amide bonds. The van der Waals surface area contributed by atoms with E-state index in [1.165, 1.54) is 12.8 Å². The maximum atomic E-state index is 12.3. The lowest BCUT2D eigenvalue weighted by atomic mass is 9.99. The molecular weight excluding hydrogens is 332 g/mol. The van der Waals surface area contributed by atoms with Gasteiger partial charge in [0.2, 0.25) is 5.91 Å². The van der Waals surface area contributed by atoms with Gasteiger partial charge in [0.15, 0.2) is 5.82 Å². The Bertz CT molecular complexity index is 675. The zero-order valence-corrected chi connectivity index (χ0v) is 15.6. The minimum absolute atomic E-state index is 0.110. The van der Waals surface area contributed by atoms with E-state index in [-0.39, 0.29) is 5.91 Å². The van der Waals surface area contributed by atoms with Crippen LogP contribution < -0.4 is 0 Å². The molecule has 26 heavy (non-hydrogen) atoms. The summed E-state index contributed by atoms with van der Waals surface area (Å²) in [5, 5.41) is 18.8. The van der Waals surface area contributed by atoms with Crippen molar-refractivity contribution in [2.75, 3.05) is 20.1 Å². The number of nitrogens with one attached hydrogen (secondary N) is 1. The molecule has 0 aromatic carbocycles. The highest BCUT2D eigenvalue weighted by molar-refractivity contribution is 5.75. The van der Waals surface area contributed by atoms with Gasteiger partial charge in [-0.1, -0.05) is 6.92 Å². The predicted molar refractivity (Wildman–Crippen MR) is 95.8 cm³/mol. The van der Waals surface area contributed by atoms with E-state index in [1.807, 2.05) is 17.8 Å². The lowest BCUT2D eigenvalue weighted by molar-refractivity contribution is -0.130. The summed E-state index contributed by atoms with van der Waals surface area (Å²) in [6.07, 6.45) is 5.36. The highest BCUT2D eigenvalue weighted by Gasteiger charge is 2.18. The van der Waals surface area contributed by atoms with Crippen LogP contribution in [0.1, 0.15) is 44.1 Å². The van der Waals surface area contributed by atoms with Crippen molar-refractivity contribution >= 4 is 5.91 Å². The number of H-pyrrole nitrogens is 1. The molecule has 0 saturated carbocycles. The quantitative estimate of drug-likeness (QED) is 0.756. The standard InChI is InChI=1S/C17H28N8O/c1-14-6-10-24(11-7-14)13-16-20-21-22-25(16)9-3-4-17(26)23(2)12-15-5-8-18-19-15/h5,8,14H,3-4,6-7,9-13H2,1-2H3,(H,18,19). The fourth-order valence-corrected chi connectivity index (χ4v) is 3.22. The van der Waals surface area contributed by atoms with Crippen molar-refractivity contribution in [1.82, 2.24) is 40.2 Å². The SMILES string of the molecule is CC1CCN(Cc2nnnn2CCCC(=O)N(C)Cc2ccn[nH]2)CC1. The Labute approximate surface area is 153 Å². The Morgan fingerprint density at radius 2 is 2.19 bits per heavy atom. The minimum atomic E-state index is 0.110. The molecule has 0 bridgehead atoms. The van der Waals surface area contributed by atoms with E-state index in [2.05, 4.69) is 37.5 Å². The first-order valence-electron chi connectivity index (χ1n) is 9.31. The van der Waals surface area contributed by atoms with Crippen LogP contribution in [0.2, 0.25) is 0 Å². The smallest absolute Gasteiger partial charge is 0.222 e. The summed E-state index contributed by atoms with van der Waals surface area (Å²) < 4.78 is 1.83. The number of likely N-dealkylation sites (tertiary alicyclic amines) is 1. The molecule has 1 aliphatic heterocycles. The second-order valence-corrected chi connectivity index (χ2v) is 7.21. The molecule has 9 nitrogen and oxygen atoms in total. The Morgan fingerprint density at radius 1 is 1.38 bits per heavy atom. The van der Waals surface area contributed by atoms with Crippen molar-refractivity contribution in [2.45, 2.75) is 52.2 Å². The van der Waals surface area contributed by atoms with Crippen molar-refractivity contribution in [1.29, 1.82) is 0 Å². The highest BCUT2D eigenvalue weighted by atomic mass is 16.2. The molecule has 0 radical (unpaired) electrons. The average molecular weight is 360 g/mol. The van der Waals surface area contributed by atoms with Crippen LogP contribution in [0.25, 0.3) is 0 Å². The minimum Gasteiger partial charge on any atom is -0.340 e. The van der Waals surface area contributed by atoms with E-state index in [4.69, 9.17) is 0 Å². The van der Waals surface area contributed by atoms with Crippen LogP contribution in [0.4, 0.5) is 0 Å². The van der Waals surface area contributed by atoms with Gasteiger partial charge in [-0.3, -0.25) is 14.8 Å². The van der Waals surface area contributed by atoms with Crippen LogP contribution >= 0.6 is 0 Å². The third-order valence-corrected chi connectivity index (χ3v) is 5.00. The summed E-state index contributed by atoms with van der Waals surface area (Å²) in [5.74, 6) is 1.81. The van der Waals surface area contributed by atoms with E-state index in [0.717, 1.165) is 43.5 Å². The van der Waals surface area contributed by atoms with Crippen molar-refractivity contribution in [3.05, 3.63) is 23.8 Å². The van der Waals surface area contributed by atoms with Gasteiger partial charge in [-0.2, -0.15) is 5.10 Å². The first-order valence-corrected chi connectivity index (χ1v) is 9.31. The van der Waals surface area contributed by atoms with Gasteiger partial charge in [0.1, 0.15) is 0 Å². The Kier molecular flexibility index (Phi) is 6.32. The van der Waals surface area contributed by atoms with Gasteiger partial charge >= 0.3 is 0 Å². The number of aryl methyl sites for hydroxylation is 1. The number of rotatable bonds is 8. The molecule has 0 aliphatic carbocycles. The Hall–Kier alpha value is -2.29. The van der Waals surface area contributed by atoms with Gasteiger partial charge in [0.05, 0.1) is 18.8 Å². The van der Waals surface area contributed by atoms with Crippen LogP contribution in [0.5, 0.6) is 0 Å². The predicted octanol–water partition coefficient (Wildman–Crippen LogP) is 1.07. The molecule has 0 spiro atoms. The van der Waals surface area contributed by atoms with Crippen molar-refractivity contribution in [3.63, 3.8) is 0 Å². The van der Waals surface area contributed by atoms with Gasteiger partial charge in [-0.05, 0) is 54.8 Å². The van der Waals surface area contributed by atoms with E-state index < -0.39 is 0 Å². The topological polar surface area (TPSA) is 95.8 Å². The summed E-state index contributed by atoms with van der Waals surface area (Å²) in [5.41, 5.74) is 0.930. The highest BCUT2D eigenvalue weighted by Crippen LogP contribution is 2.17. The summed E-state index contributed by atoms with van der Waals surface area (Å²) in [6.45, 7) is 6.50. The molecule has 3 heterocycles. The monoisotopic (exact) mass is 360 g/mol. The van der Waals surface area contributed by atoms with Crippen molar-refractivity contribution < 1.29 is 4.79 Å². The molecule has 1 saturated heterocycles. The maximum Gasteiger partial charge on any atom is 0.222 e. The first-order chi connectivity index (χ1) is 12.6. The zero-order valence-electron chi connectivity index (χ0n) is 15.6. The maximum absolute atomic E-state index is 12.3. The third-order valence-electron chi connectivity index (χ3n) is 5.00. The summed E-state index contributed by atoms with van der Waals surface area (Å²) in [6, 6.07) is 1.87. The van der Waals surface area contributed by atoms with E-state index in [9.17, 15) is 4.79 Å². The van der Waals surface area contributed by atoms with Crippen LogP contribution in [0, 0.1) is 5.92 Å². The number of aromatic nitrogens is 6. The van der Waals surface area contributed by atoms with Gasteiger partial charge in [-0.25, -0.2) is 4.68 Å². The molecule has 1 N–H and O–H groups in total. The van der Waals surface area contributed by atoms with Crippen LogP contribution in [0.3, 0.4) is 0 Å². The largest absolute Gasteiger partial charge is 0.340 e. The first kappa shape index (κ1) is 18.5. The Morgan fingerprint density at radius 3 is 2.92 bits per heavy atom. The summed E-state index contributed by atoms with van der Waals surface area (Å²) >= 11 is 0. The molecule has 1 aliphatic rings. The number of carbonyl (C=O) groups excluding carboxylic acids is 1. The van der Waals surface area contributed by atoms with Gasteiger partial charge in [0.25, 0.3) is 0 Å². The van der Waals surface area contributed by atoms with Crippen LogP contribution in [-0.2, 0) is 24.4 Å². The summed E-state index contributed by atoms with van der Waals surface area (Å²) in [7, 11) is 1.81. The lowest BCUT2D eigenvalue weighted by Crippen LogP contribution is -2.33. The molecule has 9 heteroatoms. The lowest BCUT2D eigenvalue weighted by Gasteiger charge is -2.29. The third kappa shape index (κ3) is 5.10. The van der Waals surface area contributed by atoms with Gasteiger partial charge in [-0.15, -0.1) is 5.10 Å². The molecule has 0 unspecified atom stereocenters. The molecule has 3 rings (SSSR count). The van der Waals surface area contributed by atoms with E-state index >= 15 is 0 Å². The zero-order chi connectivity index (χ0) is 18.4. The fourth-order valence-electron chi connectivity index (χ4n) is 3.22. The normalized spacial score (nSPS) is 16.1. The molecule has 1 fully saturated rings. The number of hydrogen-bond acceptors (Lipinski definition) is 6. The number of aromatic amines is 1. The molecule has 142 valence electrons. The Balaban J connectivity index is 1.42. The number of tetrazole rings is 1.